The van der Waals surface area contributed by atoms with E-state index < -0.39 is 6.10 Å². The van der Waals surface area contributed by atoms with Crippen molar-refractivity contribution in [2.45, 2.75) is 71.9 Å². The summed E-state index contributed by atoms with van der Waals surface area (Å²) in [6.45, 7) is 11.3. The zero-order valence-electron chi connectivity index (χ0n) is 14.1. The molecule has 0 fully saturated rings. The quantitative estimate of drug-likeness (QED) is 0.768. The SMILES string of the molecule is CCCOc1cc(C)c(C(C)CC(O)C(N)CC)c(C)c1. The van der Waals surface area contributed by atoms with Gasteiger partial charge in [-0.15, -0.1) is 0 Å². The van der Waals surface area contributed by atoms with E-state index in [9.17, 15) is 5.11 Å². The zero-order chi connectivity index (χ0) is 16.0. The summed E-state index contributed by atoms with van der Waals surface area (Å²) in [5, 5.41) is 10.2. The number of hydrogen-bond acceptors (Lipinski definition) is 3. The number of aliphatic hydroxyl groups excluding tert-OH is 1. The van der Waals surface area contributed by atoms with Crippen molar-refractivity contribution >= 4 is 0 Å². The van der Waals surface area contributed by atoms with E-state index in [1.54, 1.807) is 0 Å². The highest BCUT2D eigenvalue weighted by Gasteiger charge is 2.20. The predicted molar refractivity (Wildman–Crippen MR) is 89.0 cm³/mol. The summed E-state index contributed by atoms with van der Waals surface area (Å²) in [5.74, 6) is 1.23. The third-order valence-corrected chi connectivity index (χ3v) is 4.09. The maximum Gasteiger partial charge on any atom is 0.119 e. The van der Waals surface area contributed by atoms with Gasteiger partial charge in [-0.25, -0.2) is 0 Å². The van der Waals surface area contributed by atoms with E-state index in [0.29, 0.717) is 6.42 Å². The van der Waals surface area contributed by atoms with Crippen LogP contribution in [-0.2, 0) is 0 Å². The molecule has 0 aliphatic heterocycles. The zero-order valence-corrected chi connectivity index (χ0v) is 14.1. The van der Waals surface area contributed by atoms with Crippen LogP contribution in [0.5, 0.6) is 5.75 Å². The van der Waals surface area contributed by atoms with Crippen molar-refractivity contribution in [3.8, 4) is 5.75 Å². The summed E-state index contributed by atoms with van der Waals surface area (Å²) in [6.07, 6.45) is 2.07. The molecule has 0 aliphatic rings. The van der Waals surface area contributed by atoms with Gasteiger partial charge in [0.25, 0.3) is 0 Å². The summed E-state index contributed by atoms with van der Waals surface area (Å²) >= 11 is 0. The summed E-state index contributed by atoms with van der Waals surface area (Å²) in [5.41, 5.74) is 9.69. The Labute approximate surface area is 129 Å². The number of nitrogens with two attached hydrogens (primary N) is 1. The number of aliphatic hydroxyl groups is 1. The van der Waals surface area contributed by atoms with Crippen molar-refractivity contribution < 1.29 is 9.84 Å². The van der Waals surface area contributed by atoms with Crippen molar-refractivity contribution in [1.29, 1.82) is 0 Å². The minimum absolute atomic E-state index is 0.139. The molecule has 0 bridgehead atoms. The average molecular weight is 293 g/mol. The second-order valence-corrected chi connectivity index (χ2v) is 6.10. The lowest BCUT2D eigenvalue weighted by molar-refractivity contribution is 0.126. The van der Waals surface area contributed by atoms with Gasteiger partial charge >= 0.3 is 0 Å². The Morgan fingerprint density at radius 1 is 1.19 bits per heavy atom. The van der Waals surface area contributed by atoms with Crippen molar-refractivity contribution in [1.82, 2.24) is 0 Å². The van der Waals surface area contributed by atoms with E-state index in [1.165, 1.54) is 16.7 Å². The monoisotopic (exact) mass is 293 g/mol. The maximum absolute atomic E-state index is 10.2. The Balaban J connectivity index is 2.87. The second-order valence-electron chi connectivity index (χ2n) is 6.10. The lowest BCUT2D eigenvalue weighted by atomic mass is 9.86. The fourth-order valence-corrected chi connectivity index (χ4v) is 2.94. The van der Waals surface area contributed by atoms with Crippen LogP contribution < -0.4 is 10.5 Å². The Morgan fingerprint density at radius 2 is 1.76 bits per heavy atom. The Morgan fingerprint density at radius 3 is 2.24 bits per heavy atom. The molecule has 1 rings (SSSR count). The van der Waals surface area contributed by atoms with Crippen molar-refractivity contribution in [3.63, 3.8) is 0 Å². The Kier molecular flexibility index (Phi) is 7.20. The molecule has 1 aromatic carbocycles. The lowest BCUT2D eigenvalue weighted by Gasteiger charge is -2.24. The number of benzene rings is 1. The first-order chi connectivity index (χ1) is 9.90. The summed E-state index contributed by atoms with van der Waals surface area (Å²) in [7, 11) is 0. The number of hydrogen-bond donors (Lipinski definition) is 2. The first kappa shape index (κ1) is 18.0. The lowest BCUT2D eigenvalue weighted by Crippen LogP contribution is -2.34. The van der Waals surface area contributed by atoms with Crippen LogP contribution in [0.25, 0.3) is 0 Å². The van der Waals surface area contributed by atoms with Gasteiger partial charge in [-0.1, -0.05) is 20.8 Å². The van der Waals surface area contributed by atoms with Gasteiger partial charge in [0.2, 0.25) is 0 Å². The van der Waals surface area contributed by atoms with Gasteiger partial charge in [0.15, 0.2) is 0 Å². The van der Waals surface area contributed by atoms with Gasteiger partial charge in [-0.05, 0) is 67.9 Å². The van der Waals surface area contributed by atoms with Crippen molar-refractivity contribution in [2.24, 2.45) is 5.73 Å². The van der Waals surface area contributed by atoms with Crippen molar-refractivity contribution in [3.05, 3.63) is 28.8 Å². The van der Waals surface area contributed by atoms with Crippen LogP contribution in [0.15, 0.2) is 12.1 Å². The van der Waals surface area contributed by atoms with Crippen LogP contribution in [0.4, 0.5) is 0 Å². The molecule has 21 heavy (non-hydrogen) atoms. The molecule has 0 aromatic heterocycles. The molecular formula is C18H31NO2. The van der Waals surface area contributed by atoms with E-state index in [0.717, 1.165) is 25.2 Å². The Bertz CT molecular complexity index is 422. The molecule has 0 spiro atoms. The number of aryl methyl sites for hydroxylation is 2. The topological polar surface area (TPSA) is 55.5 Å². The van der Waals surface area contributed by atoms with Gasteiger partial charge in [0.1, 0.15) is 5.75 Å². The largest absolute Gasteiger partial charge is 0.494 e. The number of ether oxygens (including phenoxy) is 1. The van der Waals surface area contributed by atoms with E-state index >= 15 is 0 Å². The minimum atomic E-state index is -0.445. The molecule has 3 N–H and O–H groups in total. The van der Waals surface area contributed by atoms with Gasteiger partial charge in [0, 0.05) is 6.04 Å². The fourth-order valence-electron chi connectivity index (χ4n) is 2.94. The molecule has 120 valence electrons. The van der Waals surface area contributed by atoms with Crippen LogP contribution in [0, 0.1) is 13.8 Å². The fraction of sp³-hybridized carbons (Fsp3) is 0.667. The Hall–Kier alpha value is -1.06. The molecule has 0 heterocycles. The highest BCUT2D eigenvalue weighted by atomic mass is 16.5. The second kappa shape index (κ2) is 8.40. The average Bonchev–Trinajstić information content (AvgIpc) is 2.43. The molecule has 0 radical (unpaired) electrons. The highest BCUT2D eigenvalue weighted by molar-refractivity contribution is 5.43. The van der Waals surface area contributed by atoms with Crippen LogP contribution >= 0.6 is 0 Å². The summed E-state index contributed by atoms with van der Waals surface area (Å²) in [4.78, 5) is 0. The van der Waals surface area contributed by atoms with E-state index in [2.05, 4.69) is 39.8 Å². The van der Waals surface area contributed by atoms with E-state index in [4.69, 9.17) is 10.5 Å². The molecule has 0 amide bonds. The smallest absolute Gasteiger partial charge is 0.119 e. The molecule has 3 heteroatoms. The van der Waals surface area contributed by atoms with Crippen LogP contribution in [-0.4, -0.2) is 23.9 Å². The third kappa shape index (κ3) is 5.01. The molecule has 0 aliphatic carbocycles. The third-order valence-electron chi connectivity index (χ3n) is 4.09. The molecule has 3 atom stereocenters. The molecule has 1 aromatic rings. The molecule has 0 saturated heterocycles. The molecular weight excluding hydrogens is 262 g/mol. The highest BCUT2D eigenvalue weighted by Crippen LogP contribution is 2.31. The first-order valence-electron chi connectivity index (χ1n) is 8.08. The van der Waals surface area contributed by atoms with Crippen LogP contribution in [0.3, 0.4) is 0 Å². The summed E-state index contributed by atoms with van der Waals surface area (Å²) in [6, 6.07) is 4.06. The van der Waals surface area contributed by atoms with Crippen LogP contribution in [0.1, 0.15) is 62.6 Å². The standard InChI is InChI=1S/C18H31NO2/c1-6-8-21-15-9-12(3)18(13(4)10-15)14(5)11-17(20)16(19)7-2/h9-10,14,16-17,20H,6-8,11,19H2,1-5H3. The van der Waals surface area contributed by atoms with Gasteiger partial charge in [0.05, 0.1) is 12.7 Å². The van der Waals surface area contributed by atoms with E-state index in [-0.39, 0.29) is 12.0 Å². The summed E-state index contributed by atoms with van der Waals surface area (Å²) < 4.78 is 5.72. The molecule has 3 unspecified atom stereocenters. The molecule has 0 saturated carbocycles. The van der Waals surface area contributed by atoms with Crippen LogP contribution in [0.2, 0.25) is 0 Å². The first-order valence-corrected chi connectivity index (χ1v) is 8.08. The minimum Gasteiger partial charge on any atom is -0.494 e. The predicted octanol–water partition coefficient (Wildman–Crippen LogP) is 3.68. The van der Waals surface area contributed by atoms with Gasteiger partial charge < -0.3 is 15.6 Å². The normalized spacial score (nSPS) is 15.6. The van der Waals surface area contributed by atoms with Crippen molar-refractivity contribution in [2.75, 3.05) is 6.61 Å². The molecule has 3 nitrogen and oxygen atoms in total. The number of rotatable bonds is 8. The van der Waals surface area contributed by atoms with E-state index in [1.807, 2.05) is 6.92 Å². The maximum atomic E-state index is 10.2. The van der Waals surface area contributed by atoms with Gasteiger partial charge in [-0.3, -0.25) is 0 Å². The van der Waals surface area contributed by atoms with Gasteiger partial charge in [-0.2, -0.15) is 0 Å².